The van der Waals surface area contributed by atoms with Gasteiger partial charge in [0.2, 0.25) is 0 Å². The third-order valence-corrected chi connectivity index (χ3v) is 2.25. The molecular weight excluding hydrogens is 254 g/mol. The maximum absolute atomic E-state index is 12.9. The molecule has 0 bridgehead atoms. The van der Waals surface area contributed by atoms with E-state index in [1.165, 1.54) is 24.3 Å². The number of aromatic hydroxyl groups is 1. The predicted octanol–water partition coefficient (Wildman–Crippen LogP) is 3.31. The minimum atomic E-state index is -0.778. The summed E-state index contributed by atoms with van der Waals surface area (Å²) in [6.07, 6.45) is 0. The Hall–Kier alpha value is -2.63. The minimum absolute atomic E-state index is 0.00813. The summed E-state index contributed by atoms with van der Waals surface area (Å²) in [5.41, 5.74) is 0.445. The van der Waals surface area contributed by atoms with E-state index in [0.29, 0.717) is 11.8 Å². The molecule has 0 heterocycles. The van der Waals surface area contributed by atoms with Crippen molar-refractivity contribution in [2.24, 2.45) is 0 Å². The molecule has 2 aromatic rings. The van der Waals surface area contributed by atoms with Crippen LogP contribution in [0, 0.1) is 11.6 Å². The number of urea groups is 1. The molecule has 98 valence electrons. The van der Waals surface area contributed by atoms with E-state index < -0.39 is 17.7 Å². The van der Waals surface area contributed by atoms with Crippen LogP contribution >= 0.6 is 0 Å². The number of nitrogens with one attached hydrogen (secondary N) is 2. The summed E-state index contributed by atoms with van der Waals surface area (Å²) in [5, 5.41) is 13.8. The van der Waals surface area contributed by atoms with E-state index >= 15 is 0 Å². The van der Waals surface area contributed by atoms with Gasteiger partial charge in [-0.1, -0.05) is 0 Å². The van der Waals surface area contributed by atoms with E-state index in [2.05, 4.69) is 10.6 Å². The largest absolute Gasteiger partial charge is 0.508 e. The van der Waals surface area contributed by atoms with Crippen LogP contribution in [0.1, 0.15) is 0 Å². The van der Waals surface area contributed by atoms with E-state index in [9.17, 15) is 13.6 Å². The number of phenols is 1. The van der Waals surface area contributed by atoms with Gasteiger partial charge in [0, 0.05) is 17.4 Å². The molecule has 0 aliphatic rings. The van der Waals surface area contributed by atoms with Crippen molar-refractivity contribution in [1.29, 1.82) is 0 Å². The van der Waals surface area contributed by atoms with E-state index in [1.54, 1.807) is 0 Å². The molecule has 0 aliphatic carbocycles. The van der Waals surface area contributed by atoms with Crippen LogP contribution in [-0.2, 0) is 0 Å². The van der Waals surface area contributed by atoms with E-state index in [4.69, 9.17) is 5.11 Å². The molecule has 2 rings (SSSR count). The number of rotatable bonds is 2. The maximum atomic E-state index is 12.9. The summed E-state index contributed by atoms with van der Waals surface area (Å²) >= 11 is 0. The summed E-state index contributed by atoms with van der Waals surface area (Å²) in [4.78, 5) is 11.6. The molecule has 2 amide bonds. The summed E-state index contributed by atoms with van der Waals surface area (Å²) in [6.45, 7) is 0. The Morgan fingerprint density at radius 3 is 2.00 bits per heavy atom. The highest BCUT2D eigenvalue weighted by atomic mass is 19.1. The van der Waals surface area contributed by atoms with Gasteiger partial charge in [-0.2, -0.15) is 0 Å². The Labute approximate surface area is 107 Å². The number of hydrogen-bond donors (Lipinski definition) is 3. The number of hydrogen-bond acceptors (Lipinski definition) is 2. The Kier molecular flexibility index (Phi) is 3.61. The van der Waals surface area contributed by atoms with Gasteiger partial charge in [-0.05, 0) is 36.4 Å². The smallest absolute Gasteiger partial charge is 0.323 e. The van der Waals surface area contributed by atoms with Crippen molar-refractivity contribution in [3.63, 3.8) is 0 Å². The van der Waals surface area contributed by atoms with Crippen LogP contribution in [0.2, 0.25) is 0 Å². The molecule has 0 spiro atoms. The third kappa shape index (κ3) is 3.67. The van der Waals surface area contributed by atoms with E-state index in [0.717, 1.165) is 12.1 Å². The molecule has 3 N–H and O–H groups in total. The first-order valence-electron chi connectivity index (χ1n) is 5.36. The first-order chi connectivity index (χ1) is 9.02. The van der Waals surface area contributed by atoms with Gasteiger partial charge in [-0.15, -0.1) is 0 Å². The standard InChI is InChI=1S/C13H10F2N2O2/c14-8-5-9(15)7-11(6-8)17-13(19)16-10-1-3-12(18)4-2-10/h1-7,18H,(H2,16,17,19). The number of phenolic OH excluding ortho intramolecular Hbond substituents is 1. The lowest BCUT2D eigenvalue weighted by Crippen LogP contribution is -2.19. The SMILES string of the molecule is O=C(Nc1ccc(O)cc1)Nc1cc(F)cc(F)c1. The molecule has 0 fully saturated rings. The third-order valence-electron chi connectivity index (χ3n) is 2.25. The lowest BCUT2D eigenvalue weighted by molar-refractivity contribution is 0.262. The molecule has 0 saturated carbocycles. The van der Waals surface area contributed by atoms with E-state index in [1.807, 2.05) is 0 Å². The van der Waals surface area contributed by atoms with Crippen LogP contribution in [0.15, 0.2) is 42.5 Å². The van der Waals surface area contributed by atoms with E-state index in [-0.39, 0.29) is 11.4 Å². The van der Waals surface area contributed by atoms with Crippen molar-refractivity contribution in [2.75, 3.05) is 10.6 Å². The molecule has 0 aromatic heterocycles. The molecule has 0 aliphatic heterocycles. The molecule has 0 unspecified atom stereocenters. The van der Waals surface area contributed by atoms with Crippen LogP contribution in [0.5, 0.6) is 5.75 Å². The monoisotopic (exact) mass is 264 g/mol. The van der Waals surface area contributed by atoms with Crippen LogP contribution in [0.3, 0.4) is 0 Å². The highest BCUT2D eigenvalue weighted by molar-refractivity contribution is 5.99. The van der Waals surface area contributed by atoms with Gasteiger partial charge in [-0.3, -0.25) is 0 Å². The highest BCUT2D eigenvalue weighted by Gasteiger charge is 2.05. The summed E-state index contributed by atoms with van der Waals surface area (Å²) in [7, 11) is 0. The fourth-order valence-electron chi connectivity index (χ4n) is 1.46. The number of amides is 2. The Morgan fingerprint density at radius 1 is 0.895 bits per heavy atom. The van der Waals surface area contributed by atoms with Gasteiger partial charge in [0.25, 0.3) is 0 Å². The average molecular weight is 264 g/mol. The fourth-order valence-corrected chi connectivity index (χ4v) is 1.46. The molecule has 4 nitrogen and oxygen atoms in total. The minimum Gasteiger partial charge on any atom is -0.508 e. The first kappa shape index (κ1) is 12.8. The fraction of sp³-hybridized carbons (Fsp3) is 0. The molecule has 0 saturated heterocycles. The van der Waals surface area contributed by atoms with Gasteiger partial charge in [-0.25, -0.2) is 13.6 Å². The molecular formula is C13H10F2N2O2. The summed E-state index contributed by atoms with van der Waals surface area (Å²) < 4.78 is 25.8. The lowest BCUT2D eigenvalue weighted by atomic mass is 10.3. The number of benzene rings is 2. The van der Waals surface area contributed by atoms with Crippen molar-refractivity contribution < 1.29 is 18.7 Å². The van der Waals surface area contributed by atoms with Gasteiger partial charge in [0.05, 0.1) is 0 Å². The van der Waals surface area contributed by atoms with Crippen molar-refractivity contribution in [3.8, 4) is 5.75 Å². The predicted molar refractivity (Wildman–Crippen MR) is 67.1 cm³/mol. The molecule has 0 atom stereocenters. The van der Waals surface area contributed by atoms with Gasteiger partial charge in [0.15, 0.2) is 0 Å². The number of carbonyl (C=O) groups is 1. The summed E-state index contributed by atoms with van der Waals surface area (Å²) in [6, 6.07) is 7.84. The Morgan fingerprint density at radius 2 is 1.42 bits per heavy atom. The van der Waals surface area contributed by atoms with Crippen LogP contribution in [0.25, 0.3) is 0 Å². The van der Waals surface area contributed by atoms with Crippen LogP contribution in [0.4, 0.5) is 25.0 Å². The molecule has 19 heavy (non-hydrogen) atoms. The molecule has 6 heteroatoms. The lowest BCUT2D eigenvalue weighted by Gasteiger charge is -2.08. The molecule has 0 radical (unpaired) electrons. The number of anilines is 2. The Bertz CT molecular complexity index is 580. The van der Waals surface area contributed by atoms with Crippen molar-refractivity contribution in [2.45, 2.75) is 0 Å². The number of carbonyl (C=O) groups excluding carboxylic acids is 1. The zero-order chi connectivity index (χ0) is 13.8. The zero-order valence-corrected chi connectivity index (χ0v) is 9.65. The normalized spacial score (nSPS) is 10.0. The van der Waals surface area contributed by atoms with Crippen LogP contribution in [-0.4, -0.2) is 11.1 Å². The Balaban J connectivity index is 2.03. The van der Waals surface area contributed by atoms with Crippen molar-refractivity contribution in [3.05, 3.63) is 54.1 Å². The highest BCUT2D eigenvalue weighted by Crippen LogP contribution is 2.15. The maximum Gasteiger partial charge on any atom is 0.323 e. The second-order valence-corrected chi connectivity index (χ2v) is 3.78. The first-order valence-corrected chi connectivity index (χ1v) is 5.36. The molecule has 2 aromatic carbocycles. The van der Waals surface area contributed by atoms with Gasteiger partial charge >= 0.3 is 6.03 Å². The van der Waals surface area contributed by atoms with Crippen LogP contribution < -0.4 is 10.6 Å². The average Bonchev–Trinajstić information content (AvgIpc) is 2.30. The van der Waals surface area contributed by atoms with Crippen molar-refractivity contribution in [1.82, 2.24) is 0 Å². The second-order valence-electron chi connectivity index (χ2n) is 3.78. The quantitative estimate of drug-likeness (QED) is 0.729. The topological polar surface area (TPSA) is 61.4 Å². The van der Waals surface area contributed by atoms with Gasteiger partial charge in [0.1, 0.15) is 17.4 Å². The number of halogens is 2. The zero-order valence-electron chi connectivity index (χ0n) is 9.65. The summed E-state index contributed by atoms with van der Waals surface area (Å²) in [5.74, 6) is -1.49. The second kappa shape index (κ2) is 5.34. The van der Waals surface area contributed by atoms with Gasteiger partial charge < -0.3 is 15.7 Å². The van der Waals surface area contributed by atoms with Crippen molar-refractivity contribution >= 4 is 17.4 Å².